The monoisotopic (exact) mass is 407 g/mol. The molecule has 3 heterocycles. The van der Waals surface area contributed by atoms with Crippen LogP contribution >= 0.6 is 0 Å². The van der Waals surface area contributed by atoms with Crippen LogP contribution in [0.2, 0.25) is 0 Å². The SMILES string of the molecule is O=C(Cc1ccccn1)N1CCC[C@@]2(CC=CCN(Cc3ccc(F)cc3)C2=O)C1. The third-order valence-electron chi connectivity index (χ3n) is 6.02. The quantitative estimate of drug-likeness (QED) is 0.731. The molecule has 2 aromatic rings. The number of pyridine rings is 1. The van der Waals surface area contributed by atoms with Gasteiger partial charge in [0.25, 0.3) is 0 Å². The lowest BCUT2D eigenvalue weighted by Gasteiger charge is -2.43. The molecule has 30 heavy (non-hydrogen) atoms. The van der Waals surface area contributed by atoms with Crippen LogP contribution in [0.15, 0.2) is 60.8 Å². The molecule has 0 unspecified atom stereocenters. The summed E-state index contributed by atoms with van der Waals surface area (Å²) in [5, 5.41) is 0. The fourth-order valence-electron chi connectivity index (χ4n) is 4.42. The van der Waals surface area contributed by atoms with E-state index in [1.54, 1.807) is 18.3 Å². The minimum absolute atomic E-state index is 0.0129. The minimum Gasteiger partial charge on any atom is -0.341 e. The van der Waals surface area contributed by atoms with Crippen molar-refractivity contribution in [3.05, 3.63) is 77.9 Å². The summed E-state index contributed by atoms with van der Waals surface area (Å²) in [5.74, 6) is -0.197. The van der Waals surface area contributed by atoms with Gasteiger partial charge in [-0.05, 0) is 49.1 Å². The van der Waals surface area contributed by atoms with Gasteiger partial charge in [0.1, 0.15) is 5.82 Å². The minimum atomic E-state index is -0.592. The molecular weight excluding hydrogens is 381 g/mol. The van der Waals surface area contributed by atoms with E-state index in [0.29, 0.717) is 32.6 Å². The van der Waals surface area contributed by atoms with Gasteiger partial charge in [-0.2, -0.15) is 0 Å². The predicted molar refractivity (Wildman–Crippen MR) is 112 cm³/mol. The number of likely N-dealkylation sites (tertiary alicyclic amines) is 1. The Balaban J connectivity index is 1.49. The Morgan fingerprint density at radius 2 is 1.97 bits per heavy atom. The lowest BCUT2D eigenvalue weighted by Crippen LogP contribution is -2.53. The third kappa shape index (κ3) is 4.42. The third-order valence-corrected chi connectivity index (χ3v) is 6.02. The number of amides is 2. The summed E-state index contributed by atoms with van der Waals surface area (Å²) in [5.41, 5.74) is 1.05. The molecule has 1 spiro atoms. The van der Waals surface area contributed by atoms with Gasteiger partial charge in [-0.25, -0.2) is 4.39 Å². The molecule has 2 aliphatic rings. The van der Waals surface area contributed by atoms with Gasteiger partial charge in [-0.15, -0.1) is 0 Å². The van der Waals surface area contributed by atoms with Gasteiger partial charge in [0, 0.05) is 38.1 Å². The standard InChI is InChI=1S/C24H26FN3O2/c25-20-9-7-19(8-10-20)17-27-14-4-2-11-24(23(27)30)12-5-15-28(18-24)22(29)16-21-6-1-3-13-26-21/h1-4,6-10,13H,5,11-12,14-18H2/t24-/m0/s1. The summed E-state index contributed by atoms with van der Waals surface area (Å²) in [6.45, 7) is 2.07. The first-order valence-corrected chi connectivity index (χ1v) is 10.4. The zero-order valence-corrected chi connectivity index (χ0v) is 17.0. The zero-order valence-electron chi connectivity index (χ0n) is 17.0. The van der Waals surface area contributed by atoms with Crippen molar-refractivity contribution < 1.29 is 14.0 Å². The van der Waals surface area contributed by atoms with Crippen LogP contribution in [0.1, 0.15) is 30.5 Å². The van der Waals surface area contributed by atoms with Crippen molar-refractivity contribution >= 4 is 11.8 Å². The van der Waals surface area contributed by atoms with Gasteiger partial charge in [0.2, 0.25) is 11.8 Å². The fourth-order valence-corrected chi connectivity index (χ4v) is 4.42. The van der Waals surface area contributed by atoms with Crippen molar-refractivity contribution in [2.24, 2.45) is 5.41 Å². The van der Waals surface area contributed by atoms with E-state index in [-0.39, 0.29) is 24.1 Å². The number of carbonyl (C=O) groups excluding carboxylic acids is 2. The lowest BCUT2D eigenvalue weighted by atomic mass is 9.76. The van der Waals surface area contributed by atoms with E-state index in [4.69, 9.17) is 0 Å². The van der Waals surface area contributed by atoms with Crippen LogP contribution in [0, 0.1) is 11.2 Å². The molecule has 0 aliphatic carbocycles. The zero-order chi connectivity index (χ0) is 21.0. The van der Waals surface area contributed by atoms with Crippen LogP contribution in [0.5, 0.6) is 0 Å². The van der Waals surface area contributed by atoms with E-state index in [9.17, 15) is 14.0 Å². The molecule has 1 aromatic carbocycles. The topological polar surface area (TPSA) is 53.5 Å². The molecule has 5 nitrogen and oxygen atoms in total. The van der Waals surface area contributed by atoms with E-state index in [0.717, 1.165) is 24.1 Å². The molecule has 2 amide bonds. The first kappa shape index (κ1) is 20.3. The molecule has 1 fully saturated rings. The van der Waals surface area contributed by atoms with Crippen molar-refractivity contribution in [3.8, 4) is 0 Å². The van der Waals surface area contributed by atoms with Crippen molar-refractivity contribution in [3.63, 3.8) is 0 Å². The van der Waals surface area contributed by atoms with E-state index in [1.165, 1.54) is 12.1 Å². The summed E-state index contributed by atoms with van der Waals surface area (Å²) in [7, 11) is 0. The molecule has 1 atom stereocenters. The van der Waals surface area contributed by atoms with Crippen molar-refractivity contribution in [2.75, 3.05) is 19.6 Å². The number of rotatable bonds is 4. The summed E-state index contributed by atoms with van der Waals surface area (Å²) < 4.78 is 13.2. The molecule has 156 valence electrons. The van der Waals surface area contributed by atoms with E-state index in [1.807, 2.05) is 34.1 Å². The lowest BCUT2D eigenvalue weighted by molar-refractivity contribution is -0.148. The highest BCUT2D eigenvalue weighted by Crippen LogP contribution is 2.38. The van der Waals surface area contributed by atoms with Crippen molar-refractivity contribution in [2.45, 2.75) is 32.2 Å². The summed E-state index contributed by atoms with van der Waals surface area (Å²) in [4.78, 5) is 34.4. The number of benzene rings is 1. The molecule has 2 aliphatic heterocycles. The van der Waals surface area contributed by atoms with Gasteiger partial charge in [0.05, 0.1) is 11.8 Å². The molecule has 0 bridgehead atoms. The van der Waals surface area contributed by atoms with Crippen molar-refractivity contribution in [1.82, 2.24) is 14.8 Å². The van der Waals surface area contributed by atoms with Crippen LogP contribution in [0.25, 0.3) is 0 Å². The number of carbonyl (C=O) groups is 2. The first-order chi connectivity index (χ1) is 14.6. The normalized spacial score (nSPS) is 21.7. The van der Waals surface area contributed by atoms with E-state index >= 15 is 0 Å². The molecular formula is C24H26FN3O2. The molecule has 0 saturated carbocycles. The molecule has 6 heteroatoms. The maximum atomic E-state index is 13.6. The Labute approximate surface area is 176 Å². The second-order valence-electron chi connectivity index (χ2n) is 8.18. The molecule has 1 aromatic heterocycles. The van der Waals surface area contributed by atoms with Gasteiger partial charge in [-0.3, -0.25) is 14.6 Å². The number of piperidine rings is 1. The summed E-state index contributed by atoms with van der Waals surface area (Å²) >= 11 is 0. The number of halogens is 1. The average Bonchev–Trinajstić information content (AvgIpc) is 2.90. The van der Waals surface area contributed by atoms with Crippen LogP contribution in [0.3, 0.4) is 0 Å². The maximum Gasteiger partial charge on any atom is 0.231 e. The number of aromatic nitrogens is 1. The summed E-state index contributed by atoms with van der Waals surface area (Å²) in [6.07, 6.45) is 8.23. The van der Waals surface area contributed by atoms with Crippen LogP contribution in [0.4, 0.5) is 4.39 Å². The van der Waals surface area contributed by atoms with Gasteiger partial charge < -0.3 is 9.80 Å². The number of allylic oxidation sites excluding steroid dienone is 1. The number of hydrogen-bond acceptors (Lipinski definition) is 3. The highest BCUT2D eigenvalue weighted by atomic mass is 19.1. The van der Waals surface area contributed by atoms with Gasteiger partial charge in [0.15, 0.2) is 0 Å². The van der Waals surface area contributed by atoms with Gasteiger partial charge >= 0.3 is 0 Å². The number of hydrogen-bond donors (Lipinski definition) is 0. The number of nitrogens with zero attached hydrogens (tertiary/aromatic N) is 3. The van der Waals surface area contributed by atoms with Crippen LogP contribution < -0.4 is 0 Å². The smallest absolute Gasteiger partial charge is 0.231 e. The molecule has 0 N–H and O–H groups in total. The van der Waals surface area contributed by atoms with Crippen molar-refractivity contribution in [1.29, 1.82) is 0 Å². The Morgan fingerprint density at radius 3 is 2.73 bits per heavy atom. The molecule has 4 rings (SSSR count). The Bertz CT molecular complexity index is 929. The van der Waals surface area contributed by atoms with Crippen LogP contribution in [-0.4, -0.2) is 46.2 Å². The van der Waals surface area contributed by atoms with E-state index < -0.39 is 5.41 Å². The highest BCUT2D eigenvalue weighted by Gasteiger charge is 2.45. The maximum absolute atomic E-state index is 13.6. The largest absolute Gasteiger partial charge is 0.341 e. The van der Waals surface area contributed by atoms with Gasteiger partial charge in [-0.1, -0.05) is 30.4 Å². The molecule has 1 saturated heterocycles. The molecule has 0 radical (unpaired) electrons. The summed E-state index contributed by atoms with van der Waals surface area (Å²) in [6, 6.07) is 11.8. The Hall–Kier alpha value is -3.02. The Morgan fingerprint density at radius 1 is 1.13 bits per heavy atom. The highest BCUT2D eigenvalue weighted by molar-refractivity contribution is 5.86. The predicted octanol–water partition coefficient (Wildman–Crippen LogP) is 3.36. The second-order valence-corrected chi connectivity index (χ2v) is 8.18. The second kappa shape index (κ2) is 8.78. The fraction of sp³-hybridized carbons (Fsp3) is 0.375. The average molecular weight is 407 g/mol. The van der Waals surface area contributed by atoms with E-state index in [2.05, 4.69) is 11.1 Å². The van der Waals surface area contributed by atoms with Crippen LogP contribution in [-0.2, 0) is 22.6 Å². The Kier molecular flexibility index (Phi) is 5.93. The first-order valence-electron chi connectivity index (χ1n) is 10.4.